The number of amides is 1. The van der Waals surface area contributed by atoms with Crippen molar-refractivity contribution in [3.05, 3.63) is 70.8 Å². The van der Waals surface area contributed by atoms with Gasteiger partial charge in [0.2, 0.25) is 0 Å². The second-order valence-corrected chi connectivity index (χ2v) is 7.50. The first-order valence-corrected chi connectivity index (χ1v) is 10.2. The monoisotopic (exact) mass is 405 g/mol. The van der Waals surface area contributed by atoms with Crippen LogP contribution in [0.3, 0.4) is 0 Å². The molecule has 1 unspecified atom stereocenters. The van der Waals surface area contributed by atoms with E-state index in [0.717, 1.165) is 23.0 Å². The van der Waals surface area contributed by atoms with E-state index in [2.05, 4.69) is 19.1 Å². The van der Waals surface area contributed by atoms with Crippen LogP contribution in [0.25, 0.3) is 5.57 Å². The number of hydrogen-bond donors (Lipinski definition) is 0. The minimum atomic E-state index is -0.596. The van der Waals surface area contributed by atoms with E-state index in [1.807, 2.05) is 31.2 Å². The van der Waals surface area contributed by atoms with Gasteiger partial charge in [0.25, 0.3) is 5.91 Å². The van der Waals surface area contributed by atoms with Crippen molar-refractivity contribution in [1.29, 1.82) is 0 Å². The number of aryl methyl sites for hydroxylation is 1. The smallest absolute Gasteiger partial charge is 0.255 e. The molecule has 0 aromatic heterocycles. The summed E-state index contributed by atoms with van der Waals surface area (Å²) >= 11 is 0. The highest BCUT2D eigenvalue weighted by Gasteiger charge is 2.36. The van der Waals surface area contributed by atoms with Gasteiger partial charge in [-0.05, 0) is 56.0 Å². The highest BCUT2D eigenvalue weighted by atomic mass is 16.5. The third kappa shape index (κ3) is 4.35. The largest absolute Gasteiger partial charge is 0.489 e. The molecule has 0 fully saturated rings. The number of ether oxygens (including phenoxy) is 1. The Morgan fingerprint density at radius 2 is 1.97 bits per heavy atom. The summed E-state index contributed by atoms with van der Waals surface area (Å²) in [5, 5.41) is 0. The summed E-state index contributed by atoms with van der Waals surface area (Å²) in [5.41, 5.74) is 4.73. The van der Waals surface area contributed by atoms with Crippen LogP contribution in [0.15, 0.2) is 48.5 Å². The van der Waals surface area contributed by atoms with Crippen LogP contribution in [0.4, 0.5) is 0 Å². The Balaban J connectivity index is 1.81. The van der Waals surface area contributed by atoms with E-state index >= 15 is 0 Å². The zero-order valence-corrected chi connectivity index (χ0v) is 17.7. The first-order chi connectivity index (χ1) is 14.5. The number of hydrogen-bond acceptors (Lipinski definition) is 4. The standard InChI is InChI=1S/C25H27NO4/c1-4-19(20-10-6-5-9-17(20)2)16-30-24-13-7-11-21-22(24)15-26(25(21)29)23(18(3)28)12-8-14-27/h4-7,9-11,13-14,23H,8,12,15-16H2,1-3H3/b19-4-. The molecule has 2 aromatic rings. The summed E-state index contributed by atoms with van der Waals surface area (Å²) in [6.07, 6.45) is 3.40. The van der Waals surface area contributed by atoms with E-state index < -0.39 is 6.04 Å². The summed E-state index contributed by atoms with van der Waals surface area (Å²) < 4.78 is 6.14. The number of Topliss-reactive ketones (excluding diaryl/α,β-unsaturated/α-hetero) is 1. The number of rotatable bonds is 9. The molecule has 0 bridgehead atoms. The average Bonchev–Trinajstić information content (AvgIpc) is 3.07. The molecule has 1 amide bonds. The van der Waals surface area contributed by atoms with E-state index in [9.17, 15) is 14.4 Å². The number of nitrogens with zero attached hydrogens (tertiary/aromatic N) is 1. The molecule has 0 saturated carbocycles. The lowest BCUT2D eigenvalue weighted by Gasteiger charge is -2.25. The molecule has 1 aliphatic heterocycles. The number of fused-ring (bicyclic) bond motifs is 1. The molecule has 1 heterocycles. The lowest BCUT2D eigenvalue weighted by atomic mass is 10.0. The number of carbonyl (C=O) groups excluding carboxylic acids is 3. The Hall–Kier alpha value is -3.21. The van der Waals surface area contributed by atoms with E-state index in [0.29, 0.717) is 30.9 Å². The topological polar surface area (TPSA) is 63.7 Å². The quantitative estimate of drug-likeness (QED) is 0.581. The molecule has 3 rings (SSSR count). The van der Waals surface area contributed by atoms with E-state index in [-0.39, 0.29) is 18.1 Å². The fourth-order valence-corrected chi connectivity index (χ4v) is 3.92. The fraction of sp³-hybridized carbons (Fsp3) is 0.320. The molecular weight excluding hydrogens is 378 g/mol. The van der Waals surface area contributed by atoms with E-state index in [4.69, 9.17) is 4.74 Å². The minimum absolute atomic E-state index is 0.115. The summed E-state index contributed by atoms with van der Waals surface area (Å²) in [6.45, 7) is 6.20. The van der Waals surface area contributed by atoms with Crippen molar-refractivity contribution < 1.29 is 19.1 Å². The van der Waals surface area contributed by atoms with Crippen molar-refractivity contribution in [2.75, 3.05) is 6.61 Å². The maximum absolute atomic E-state index is 12.9. The first kappa shape index (κ1) is 21.5. The molecule has 1 atom stereocenters. The van der Waals surface area contributed by atoms with Crippen LogP contribution in [0.1, 0.15) is 53.7 Å². The number of benzene rings is 2. The number of allylic oxidation sites excluding steroid dienone is 1. The van der Waals surface area contributed by atoms with Gasteiger partial charge in [0.05, 0.1) is 12.6 Å². The Kier molecular flexibility index (Phi) is 6.83. The second-order valence-electron chi connectivity index (χ2n) is 7.50. The van der Waals surface area contributed by atoms with Gasteiger partial charge >= 0.3 is 0 Å². The SMILES string of the molecule is C/C=C(/COc1cccc2c1CN(C(CCC=O)C(C)=O)C2=O)c1ccccc1C. The zero-order valence-electron chi connectivity index (χ0n) is 17.7. The Bertz CT molecular complexity index is 992. The molecule has 2 aromatic carbocycles. The second kappa shape index (κ2) is 9.53. The highest BCUT2D eigenvalue weighted by Crippen LogP contribution is 2.33. The molecule has 0 radical (unpaired) electrons. The van der Waals surface area contributed by atoms with Gasteiger partial charge in [-0.15, -0.1) is 0 Å². The van der Waals surface area contributed by atoms with Crippen LogP contribution in [0.2, 0.25) is 0 Å². The molecule has 0 N–H and O–H groups in total. The van der Waals surface area contributed by atoms with Crippen molar-refractivity contribution in [2.45, 2.75) is 46.2 Å². The Labute approximate surface area is 177 Å². The maximum Gasteiger partial charge on any atom is 0.255 e. The van der Waals surface area contributed by atoms with Crippen LogP contribution in [-0.4, -0.2) is 35.5 Å². The fourth-order valence-electron chi connectivity index (χ4n) is 3.92. The number of ketones is 1. The zero-order chi connectivity index (χ0) is 21.7. The third-order valence-corrected chi connectivity index (χ3v) is 5.58. The lowest BCUT2D eigenvalue weighted by Crippen LogP contribution is -2.40. The van der Waals surface area contributed by atoms with Gasteiger partial charge in [0.15, 0.2) is 5.78 Å². The maximum atomic E-state index is 12.9. The number of aldehydes is 1. The molecular formula is C25H27NO4. The molecule has 1 aliphatic rings. The predicted octanol–water partition coefficient (Wildman–Crippen LogP) is 4.37. The molecule has 156 valence electrons. The van der Waals surface area contributed by atoms with Crippen LogP contribution in [0, 0.1) is 6.92 Å². The van der Waals surface area contributed by atoms with Crippen LogP contribution in [0.5, 0.6) is 5.75 Å². The van der Waals surface area contributed by atoms with Gasteiger partial charge in [0, 0.05) is 17.5 Å². The van der Waals surface area contributed by atoms with E-state index in [1.165, 1.54) is 12.5 Å². The summed E-state index contributed by atoms with van der Waals surface area (Å²) in [6, 6.07) is 13.0. The van der Waals surface area contributed by atoms with Crippen molar-refractivity contribution in [3.63, 3.8) is 0 Å². The van der Waals surface area contributed by atoms with Gasteiger partial charge in [0.1, 0.15) is 18.6 Å². The van der Waals surface area contributed by atoms with Crippen molar-refractivity contribution in [2.24, 2.45) is 0 Å². The lowest BCUT2D eigenvalue weighted by molar-refractivity contribution is -0.121. The molecule has 30 heavy (non-hydrogen) atoms. The van der Waals surface area contributed by atoms with Gasteiger partial charge in [-0.3, -0.25) is 9.59 Å². The number of carbonyl (C=O) groups is 3. The summed E-state index contributed by atoms with van der Waals surface area (Å²) in [7, 11) is 0. The first-order valence-electron chi connectivity index (χ1n) is 10.2. The van der Waals surface area contributed by atoms with Crippen LogP contribution < -0.4 is 4.74 Å². The van der Waals surface area contributed by atoms with Gasteiger partial charge in [-0.25, -0.2) is 0 Å². The Morgan fingerprint density at radius 3 is 2.63 bits per heavy atom. The molecule has 0 aliphatic carbocycles. The predicted molar refractivity (Wildman–Crippen MR) is 116 cm³/mol. The molecule has 0 spiro atoms. The van der Waals surface area contributed by atoms with Crippen LogP contribution in [-0.2, 0) is 16.1 Å². The molecule has 5 nitrogen and oxygen atoms in total. The minimum Gasteiger partial charge on any atom is -0.489 e. The average molecular weight is 405 g/mol. The highest BCUT2D eigenvalue weighted by molar-refractivity contribution is 6.01. The summed E-state index contributed by atoms with van der Waals surface area (Å²) in [5.74, 6) is 0.344. The molecule has 5 heteroatoms. The Morgan fingerprint density at radius 1 is 1.20 bits per heavy atom. The van der Waals surface area contributed by atoms with Gasteiger partial charge in [-0.2, -0.15) is 0 Å². The van der Waals surface area contributed by atoms with Crippen LogP contribution >= 0.6 is 0 Å². The van der Waals surface area contributed by atoms with Gasteiger partial charge in [-0.1, -0.05) is 36.4 Å². The van der Waals surface area contributed by atoms with E-state index in [1.54, 1.807) is 17.0 Å². The third-order valence-electron chi connectivity index (χ3n) is 5.58. The normalized spacial score (nSPS) is 14.4. The van der Waals surface area contributed by atoms with Crippen molar-refractivity contribution in [1.82, 2.24) is 4.90 Å². The van der Waals surface area contributed by atoms with Crippen molar-refractivity contribution >= 4 is 23.5 Å². The van der Waals surface area contributed by atoms with Gasteiger partial charge < -0.3 is 14.4 Å². The van der Waals surface area contributed by atoms with Crippen molar-refractivity contribution in [3.8, 4) is 5.75 Å². The summed E-state index contributed by atoms with van der Waals surface area (Å²) in [4.78, 5) is 37.4. The molecule has 0 saturated heterocycles.